The van der Waals surface area contributed by atoms with Crippen LogP contribution < -0.4 is 10.9 Å². The second-order valence-electron chi connectivity index (χ2n) is 7.47. The lowest BCUT2D eigenvalue weighted by molar-refractivity contribution is -0.116. The van der Waals surface area contributed by atoms with Crippen molar-refractivity contribution >= 4 is 34.0 Å². The van der Waals surface area contributed by atoms with Gasteiger partial charge in [0.1, 0.15) is 0 Å². The van der Waals surface area contributed by atoms with Crippen LogP contribution in [0.2, 0.25) is 5.02 Å². The molecule has 0 aliphatic heterocycles. The Balaban J connectivity index is 1.52. The molecule has 1 N–H and O–H groups in total. The summed E-state index contributed by atoms with van der Waals surface area (Å²) in [7, 11) is 0. The number of hydrogen-bond donors (Lipinski definition) is 1. The lowest BCUT2D eigenvalue weighted by Crippen LogP contribution is -2.21. The lowest BCUT2D eigenvalue weighted by Gasteiger charge is -2.09. The van der Waals surface area contributed by atoms with E-state index in [1.807, 2.05) is 44.2 Å². The number of fused-ring (bicyclic) bond motifs is 1. The van der Waals surface area contributed by atoms with Crippen LogP contribution in [0.15, 0.2) is 65.6 Å². The summed E-state index contributed by atoms with van der Waals surface area (Å²) in [6.07, 6.45) is 2.78. The molecule has 2 aromatic heterocycles. The summed E-state index contributed by atoms with van der Waals surface area (Å²) in [6.45, 7) is 4.57. The number of halogens is 1. The summed E-state index contributed by atoms with van der Waals surface area (Å²) < 4.78 is 3.53. The molecule has 0 aliphatic rings. The van der Waals surface area contributed by atoms with Crippen LogP contribution in [0.1, 0.15) is 24.2 Å². The Labute approximate surface area is 185 Å². The molecular weight excluding hydrogens is 412 g/mol. The van der Waals surface area contributed by atoms with Crippen molar-refractivity contribution in [3.63, 3.8) is 0 Å². The van der Waals surface area contributed by atoms with Crippen molar-refractivity contribution in [1.29, 1.82) is 0 Å². The van der Waals surface area contributed by atoms with Crippen LogP contribution in [0, 0.1) is 13.8 Å². The third-order valence-electron chi connectivity index (χ3n) is 5.45. The van der Waals surface area contributed by atoms with E-state index in [0.717, 1.165) is 28.1 Å². The summed E-state index contributed by atoms with van der Waals surface area (Å²) in [4.78, 5) is 25.4. The molecule has 4 rings (SSSR count). The zero-order valence-corrected chi connectivity index (χ0v) is 18.2. The molecule has 0 atom stereocenters. The van der Waals surface area contributed by atoms with Crippen LogP contribution in [-0.2, 0) is 11.3 Å². The molecule has 0 saturated carbocycles. The Morgan fingerprint density at radius 1 is 1.03 bits per heavy atom. The van der Waals surface area contributed by atoms with E-state index in [-0.39, 0.29) is 11.5 Å². The summed E-state index contributed by atoms with van der Waals surface area (Å²) in [5.41, 5.74) is 3.20. The monoisotopic (exact) mass is 434 g/mol. The van der Waals surface area contributed by atoms with Crippen LogP contribution in [0.5, 0.6) is 0 Å². The highest BCUT2D eigenvalue weighted by Crippen LogP contribution is 2.23. The van der Waals surface area contributed by atoms with Gasteiger partial charge in [0, 0.05) is 40.4 Å². The second-order valence-corrected chi connectivity index (χ2v) is 7.90. The highest BCUT2D eigenvalue weighted by Gasteiger charge is 2.17. The largest absolute Gasteiger partial charge is 0.348 e. The number of nitrogens with zero attached hydrogens (tertiary/aromatic N) is 3. The van der Waals surface area contributed by atoms with Gasteiger partial charge in [-0.3, -0.25) is 9.59 Å². The van der Waals surface area contributed by atoms with E-state index in [0.29, 0.717) is 29.8 Å². The number of amides is 1. The predicted molar refractivity (Wildman–Crippen MR) is 124 cm³/mol. The Morgan fingerprint density at radius 2 is 1.74 bits per heavy atom. The number of carbonyl (C=O) groups is 1. The zero-order valence-electron chi connectivity index (χ0n) is 17.4. The van der Waals surface area contributed by atoms with Crippen molar-refractivity contribution < 1.29 is 4.79 Å². The van der Waals surface area contributed by atoms with Crippen molar-refractivity contribution in [1.82, 2.24) is 14.3 Å². The minimum absolute atomic E-state index is 0.0533. The van der Waals surface area contributed by atoms with Gasteiger partial charge in [0.15, 0.2) is 0 Å². The topological polar surface area (TPSA) is 68.9 Å². The van der Waals surface area contributed by atoms with Crippen molar-refractivity contribution in [3.05, 3.63) is 87.6 Å². The van der Waals surface area contributed by atoms with Gasteiger partial charge in [-0.15, -0.1) is 0 Å². The van der Waals surface area contributed by atoms with E-state index in [4.69, 9.17) is 11.6 Å². The summed E-state index contributed by atoms with van der Waals surface area (Å²) >= 11 is 5.87. The zero-order chi connectivity index (χ0) is 22.0. The molecule has 2 aromatic carbocycles. The second kappa shape index (κ2) is 8.78. The molecule has 7 heteroatoms. The Kier molecular flexibility index (Phi) is 5.91. The minimum atomic E-state index is -0.136. The maximum Gasteiger partial charge on any atom is 0.281 e. The van der Waals surface area contributed by atoms with Gasteiger partial charge in [-0.25, -0.2) is 0 Å². The first-order valence-electron chi connectivity index (χ1n) is 10.1. The van der Waals surface area contributed by atoms with Gasteiger partial charge in [0.05, 0.1) is 17.3 Å². The number of aromatic nitrogens is 3. The van der Waals surface area contributed by atoms with E-state index < -0.39 is 0 Å². The molecule has 4 aromatic rings. The number of carbonyl (C=O) groups excluding carboxylic acids is 1. The normalized spacial score (nSPS) is 11.1. The number of benzene rings is 2. The maximum absolute atomic E-state index is 13.1. The first kappa shape index (κ1) is 20.9. The van der Waals surface area contributed by atoms with Gasteiger partial charge in [-0.1, -0.05) is 29.8 Å². The molecule has 6 nitrogen and oxygen atoms in total. The highest BCUT2D eigenvalue weighted by atomic mass is 35.5. The molecule has 0 saturated heterocycles. The quantitative estimate of drug-likeness (QED) is 0.470. The molecule has 0 unspecified atom stereocenters. The van der Waals surface area contributed by atoms with Gasteiger partial charge in [-0.2, -0.15) is 9.78 Å². The summed E-state index contributed by atoms with van der Waals surface area (Å²) in [6, 6.07) is 16.4. The molecule has 0 fully saturated rings. The molecule has 1 amide bonds. The SMILES string of the molecule is Cc1c2cnn(-c3ccccc3)c(=O)c2c(C)n1CCCC(=O)Nc1ccc(Cl)cc1. The third kappa shape index (κ3) is 4.25. The molecule has 0 spiro atoms. The van der Waals surface area contributed by atoms with Gasteiger partial charge < -0.3 is 9.88 Å². The van der Waals surface area contributed by atoms with Gasteiger partial charge >= 0.3 is 0 Å². The first-order valence-corrected chi connectivity index (χ1v) is 10.5. The molecule has 31 heavy (non-hydrogen) atoms. The maximum atomic E-state index is 13.1. The first-order chi connectivity index (χ1) is 15.0. The number of para-hydroxylation sites is 1. The van der Waals surface area contributed by atoms with Crippen LogP contribution in [0.25, 0.3) is 16.5 Å². The average molecular weight is 435 g/mol. The van der Waals surface area contributed by atoms with Crippen molar-refractivity contribution in [2.45, 2.75) is 33.2 Å². The number of aryl methyl sites for hydroxylation is 2. The third-order valence-corrected chi connectivity index (χ3v) is 5.71. The molecule has 0 radical (unpaired) electrons. The molecule has 0 bridgehead atoms. The van der Waals surface area contributed by atoms with E-state index in [1.165, 1.54) is 4.68 Å². The predicted octanol–water partition coefficient (Wildman–Crippen LogP) is 4.88. The van der Waals surface area contributed by atoms with Gasteiger partial charge in [-0.05, 0) is 56.7 Å². The minimum Gasteiger partial charge on any atom is -0.348 e. The van der Waals surface area contributed by atoms with E-state index >= 15 is 0 Å². The van der Waals surface area contributed by atoms with E-state index in [1.54, 1.807) is 30.5 Å². The highest BCUT2D eigenvalue weighted by molar-refractivity contribution is 6.30. The number of rotatable bonds is 6. The van der Waals surface area contributed by atoms with Crippen LogP contribution in [-0.4, -0.2) is 20.3 Å². The summed E-state index contributed by atoms with van der Waals surface area (Å²) in [5, 5.41) is 9.39. The fourth-order valence-corrected chi connectivity index (χ4v) is 3.98. The van der Waals surface area contributed by atoms with E-state index in [9.17, 15) is 9.59 Å². The van der Waals surface area contributed by atoms with Crippen molar-refractivity contribution in [3.8, 4) is 5.69 Å². The van der Waals surface area contributed by atoms with Crippen LogP contribution in [0.3, 0.4) is 0 Å². The molecule has 158 valence electrons. The van der Waals surface area contributed by atoms with Crippen LogP contribution >= 0.6 is 11.6 Å². The lowest BCUT2D eigenvalue weighted by atomic mass is 10.2. The molecular formula is C24H23ClN4O2. The van der Waals surface area contributed by atoms with Crippen molar-refractivity contribution in [2.24, 2.45) is 0 Å². The fraction of sp³-hybridized carbons (Fsp3) is 0.208. The van der Waals surface area contributed by atoms with Crippen molar-refractivity contribution in [2.75, 3.05) is 5.32 Å². The molecule has 0 aliphatic carbocycles. The number of nitrogens with one attached hydrogen (secondary N) is 1. The standard InChI is InChI=1S/C24H23ClN4O2/c1-16-21-15-26-29(20-7-4-3-5-8-20)24(31)23(21)17(2)28(16)14-6-9-22(30)27-19-12-10-18(25)11-13-19/h3-5,7-8,10-13,15H,6,9,14H2,1-2H3,(H,27,30). The Hall–Kier alpha value is -3.38. The van der Waals surface area contributed by atoms with Crippen LogP contribution in [0.4, 0.5) is 5.69 Å². The average Bonchev–Trinajstić information content (AvgIpc) is 3.01. The summed E-state index contributed by atoms with van der Waals surface area (Å²) in [5.74, 6) is -0.0533. The Bertz CT molecular complexity index is 1290. The number of hydrogen-bond acceptors (Lipinski definition) is 3. The van der Waals surface area contributed by atoms with Gasteiger partial charge in [0.25, 0.3) is 5.56 Å². The van der Waals surface area contributed by atoms with E-state index in [2.05, 4.69) is 15.0 Å². The Morgan fingerprint density at radius 3 is 2.45 bits per heavy atom. The van der Waals surface area contributed by atoms with Gasteiger partial charge in [0.2, 0.25) is 5.91 Å². The molecule has 2 heterocycles. The number of anilines is 1. The fourth-order valence-electron chi connectivity index (χ4n) is 3.85. The smallest absolute Gasteiger partial charge is 0.281 e.